The molecule has 0 amide bonds. The van der Waals surface area contributed by atoms with E-state index in [0.29, 0.717) is 0 Å². The SMILES string of the molecule is Cc1ccccc1/C=C/C(O)C(Cl)(Cl)Cl. The molecule has 1 N–H and O–H groups in total. The van der Waals surface area contributed by atoms with Crippen LogP contribution in [0.25, 0.3) is 6.08 Å². The van der Waals surface area contributed by atoms with Crippen molar-refractivity contribution < 1.29 is 5.11 Å². The molecular weight excluding hydrogens is 254 g/mol. The fourth-order valence-electron chi connectivity index (χ4n) is 1.08. The summed E-state index contributed by atoms with van der Waals surface area (Å²) in [6, 6.07) is 7.75. The molecule has 1 atom stereocenters. The van der Waals surface area contributed by atoms with Gasteiger partial charge in [0.15, 0.2) is 0 Å². The quantitative estimate of drug-likeness (QED) is 0.808. The summed E-state index contributed by atoms with van der Waals surface area (Å²) in [6.07, 6.45) is 2.10. The third-order valence-electron chi connectivity index (χ3n) is 1.98. The average molecular weight is 266 g/mol. The maximum atomic E-state index is 9.46. The minimum Gasteiger partial charge on any atom is -0.385 e. The molecule has 0 radical (unpaired) electrons. The molecule has 0 saturated heterocycles. The monoisotopic (exact) mass is 264 g/mol. The van der Waals surface area contributed by atoms with Crippen molar-refractivity contribution in [1.29, 1.82) is 0 Å². The molecule has 15 heavy (non-hydrogen) atoms. The maximum Gasteiger partial charge on any atom is 0.219 e. The molecule has 1 unspecified atom stereocenters. The van der Waals surface area contributed by atoms with Gasteiger partial charge in [0.25, 0.3) is 0 Å². The van der Waals surface area contributed by atoms with Gasteiger partial charge in [0.05, 0.1) is 0 Å². The summed E-state index contributed by atoms with van der Waals surface area (Å²) >= 11 is 16.6. The smallest absolute Gasteiger partial charge is 0.219 e. The van der Waals surface area contributed by atoms with Gasteiger partial charge in [-0.3, -0.25) is 0 Å². The second-order valence-electron chi connectivity index (χ2n) is 3.20. The van der Waals surface area contributed by atoms with Crippen molar-refractivity contribution in [3.05, 3.63) is 41.5 Å². The van der Waals surface area contributed by atoms with Crippen molar-refractivity contribution in [2.45, 2.75) is 16.8 Å². The first-order valence-corrected chi connectivity index (χ1v) is 5.53. The summed E-state index contributed by atoms with van der Waals surface area (Å²) in [6.45, 7) is 1.97. The van der Waals surface area contributed by atoms with Gasteiger partial charge in [-0.2, -0.15) is 0 Å². The fraction of sp³-hybridized carbons (Fsp3) is 0.273. The highest BCUT2D eigenvalue weighted by atomic mass is 35.6. The molecule has 0 fully saturated rings. The lowest BCUT2D eigenvalue weighted by molar-refractivity contribution is 0.228. The number of hydrogen-bond acceptors (Lipinski definition) is 1. The fourth-order valence-corrected chi connectivity index (χ4v) is 1.30. The van der Waals surface area contributed by atoms with Gasteiger partial charge in [0.1, 0.15) is 6.10 Å². The van der Waals surface area contributed by atoms with Crippen molar-refractivity contribution in [2.75, 3.05) is 0 Å². The van der Waals surface area contributed by atoms with E-state index >= 15 is 0 Å². The highest BCUT2D eigenvalue weighted by Gasteiger charge is 2.28. The van der Waals surface area contributed by atoms with Crippen LogP contribution in [0.5, 0.6) is 0 Å². The number of aliphatic hydroxyl groups is 1. The summed E-state index contributed by atoms with van der Waals surface area (Å²) < 4.78 is -1.68. The number of benzene rings is 1. The highest BCUT2D eigenvalue weighted by Crippen LogP contribution is 2.31. The molecule has 1 aromatic rings. The molecule has 4 heteroatoms. The van der Waals surface area contributed by atoms with Crippen molar-refractivity contribution in [2.24, 2.45) is 0 Å². The minimum atomic E-state index is -1.68. The molecule has 0 aliphatic heterocycles. The molecular formula is C11H11Cl3O. The van der Waals surface area contributed by atoms with Crippen LogP contribution in [-0.2, 0) is 0 Å². The van der Waals surface area contributed by atoms with Gasteiger partial charge in [-0.05, 0) is 18.1 Å². The number of hydrogen-bond donors (Lipinski definition) is 1. The van der Waals surface area contributed by atoms with E-state index in [4.69, 9.17) is 34.8 Å². The highest BCUT2D eigenvalue weighted by molar-refractivity contribution is 6.68. The van der Waals surface area contributed by atoms with Crippen LogP contribution in [0, 0.1) is 6.92 Å². The molecule has 1 nitrogen and oxygen atoms in total. The molecule has 82 valence electrons. The molecule has 1 aromatic carbocycles. The van der Waals surface area contributed by atoms with Crippen LogP contribution >= 0.6 is 34.8 Å². The Kier molecular flexibility index (Phi) is 4.47. The van der Waals surface area contributed by atoms with Gasteiger partial charge in [-0.1, -0.05) is 71.2 Å². The Morgan fingerprint density at radius 1 is 1.27 bits per heavy atom. The predicted octanol–water partition coefficient (Wildman–Crippen LogP) is 3.74. The van der Waals surface area contributed by atoms with E-state index < -0.39 is 9.90 Å². The van der Waals surface area contributed by atoms with E-state index in [1.807, 2.05) is 31.2 Å². The number of halogens is 3. The first-order valence-electron chi connectivity index (χ1n) is 4.40. The molecule has 0 aliphatic carbocycles. The van der Waals surface area contributed by atoms with Crippen LogP contribution in [0.15, 0.2) is 30.3 Å². The lowest BCUT2D eigenvalue weighted by Crippen LogP contribution is -2.22. The van der Waals surface area contributed by atoms with Gasteiger partial charge < -0.3 is 5.11 Å². The van der Waals surface area contributed by atoms with Gasteiger partial charge in [-0.25, -0.2) is 0 Å². The Morgan fingerprint density at radius 3 is 2.40 bits per heavy atom. The van der Waals surface area contributed by atoms with Gasteiger partial charge in [-0.15, -0.1) is 0 Å². The van der Waals surface area contributed by atoms with Gasteiger partial charge >= 0.3 is 0 Å². The van der Waals surface area contributed by atoms with E-state index in [1.54, 1.807) is 6.08 Å². The molecule has 0 heterocycles. The zero-order valence-corrected chi connectivity index (χ0v) is 10.4. The third kappa shape index (κ3) is 4.04. The zero-order valence-electron chi connectivity index (χ0n) is 8.12. The summed E-state index contributed by atoms with van der Waals surface area (Å²) in [5.74, 6) is 0. The summed E-state index contributed by atoms with van der Waals surface area (Å²) in [7, 11) is 0. The second-order valence-corrected chi connectivity index (χ2v) is 5.57. The van der Waals surface area contributed by atoms with Crippen molar-refractivity contribution in [1.82, 2.24) is 0 Å². The Hall–Kier alpha value is -0.210. The molecule has 0 aromatic heterocycles. The predicted molar refractivity (Wildman–Crippen MR) is 66.5 cm³/mol. The van der Waals surface area contributed by atoms with Crippen LogP contribution < -0.4 is 0 Å². The molecule has 0 aliphatic rings. The lowest BCUT2D eigenvalue weighted by Gasteiger charge is -2.14. The molecule has 0 bridgehead atoms. The van der Waals surface area contributed by atoms with Crippen molar-refractivity contribution >= 4 is 40.9 Å². The van der Waals surface area contributed by atoms with Crippen LogP contribution in [0.2, 0.25) is 0 Å². The number of alkyl halides is 3. The molecule has 0 spiro atoms. The Morgan fingerprint density at radius 2 is 1.87 bits per heavy atom. The molecule has 1 rings (SSSR count). The number of aryl methyl sites for hydroxylation is 1. The topological polar surface area (TPSA) is 20.2 Å². The first kappa shape index (κ1) is 12.9. The van der Waals surface area contributed by atoms with E-state index in [-0.39, 0.29) is 0 Å². The van der Waals surface area contributed by atoms with Gasteiger partial charge in [0, 0.05) is 0 Å². The van der Waals surface area contributed by atoms with E-state index in [2.05, 4.69) is 0 Å². The summed E-state index contributed by atoms with van der Waals surface area (Å²) in [4.78, 5) is 0. The standard InChI is InChI=1S/C11H11Cl3O/c1-8-4-2-3-5-9(8)6-7-10(15)11(12,13)14/h2-7,10,15H,1H3/b7-6+. The summed E-state index contributed by atoms with van der Waals surface area (Å²) in [5.41, 5.74) is 2.09. The zero-order chi connectivity index (χ0) is 11.5. The van der Waals surface area contributed by atoms with E-state index in [0.717, 1.165) is 11.1 Å². The number of aliphatic hydroxyl groups excluding tert-OH is 1. The Balaban J connectivity index is 2.79. The largest absolute Gasteiger partial charge is 0.385 e. The second kappa shape index (κ2) is 5.22. The van der Waals surface area contributed by atoms with Gasteiger partial charge in [0.2, 0.25) is 3.79 Å². The summed E-state index contributed by atoms with van der Waals surface area (Å²) in [5, 5.41) is 9.46. The van der Waals surface area contributed by atoms with Crippen LogP contribution in [-0.4, -0.2) is 15.0 Å². The first-order chi connectivity index (χ1) is 6.91. The van der Waals surface area contributed by atoms with Crippen LogP contribution in [0.1, 0.15) is 11.1 Å². The average Bonchev–Trinajstić information content (AvgIpc) is 2.14. The maximum absolute atomic E-state index is 9.46. The lowest BCUT2D eigenvalue weighted by atomic mass is 10.1. The third-order valence-corrected chi connectivity index (χ3v) is 2.65. The van der Waals surface area contributed by atoms with Crippen LogP contribution in [0.3, 0.4) is 0 Å². The van der Waals surface area contributed by atoms with Crippen molar-refractivity contribution in [3.63, 3.8) is 0 Å². The van der Waals surface area contributed by atoms with E-state index in [1.165, 1.54) is 6.08 Å². The van der Waals surface area contributed by atoms with E-state index in [9.17, 15) is 5.11 Å². The molecule has 0 saturated carbocycles. The van der Waals surface area contributed by atoms with Crippen molar-refractivity contribution in [3.8, 4) is 0 Å². The normalized spacial score (nSPS) is 14.5. The Labute approximate surface area is 104 Å². The Bertz CT molecular complexity index is 355. The minimum absolute atomic E-state index is 0.991. The van der Waals surface area contributed by atoms with Crippen LogP contribution in [0.4, 0.5) is 0 Å². The number of rotatable bonds is 2.